The predicted molar refractivity (Wildman–Crippen MR) is 186 cm³/mol. The third-order valence-electron chi connectivity index (χ3n) is 10.5. The van der Waals surface area contributed by atoms with Gasteiger partial charge in [-0.2, -0.15) is 0 Å². The first-order valence-corrected chi connectivity index (χ1v) is 16.6. The first kappa shape index (κ1) is 32.7. The van der Waals surface area contributed by atoms with E-state index in [-0.39, 0.29) is 23.6 Å². The molecule has 4 aromatic carbocycles. The lowest BCUT2D eigenvalue weighted by Gasteiger charge is -2.40. The SMILES string of the molecule is COc1cc2c(cc1O)[C@H](Cc1cc(OC)c(OC)cc1Oc1cc3c(cc1OC)-c1c(O)c(OC)cc4c1[C@H](C3)N(C)CC4)N(C)CC2. The molecule has 2 heterocycles. The Hall–Kier alpha value is -4.80. The standard InChI is InChI=1S/C39H44N2O8/c1-40-10-8-21-14-31(44-3)29(42)18-25(21)27(40)13-24-17-32(45-4)34(47-6)20-30(24)49-35-16-23-12-28-37-22(9-11-41(28)2)15-36(48-7)39(43)38(37)26(23)19-33(35)46-5/h14-20,27-28,42-43H,8-13H2,1-7H3/t27-,28-/m0/s1. The molecule has 0 unspecified atom stereocenters. The van der Waals surface area contributed by atoms with Crippen molar-refractivity contribution in [2.24, 2.45) is 0 Å². The van der Waals surface area contributed by atoms with Gasteiger partial charge in [0.15, 0.2) is 46.0 Å². The monoisotopic (exact) mass is 668 g/mol. The van der Waals surface area contributed by atoms with Crippen molar-refractivity contribution in [3.8, 4) is 62.9 Å². The van der Waals surface area contributed by atoms with Crippen LogP contribution < -0.4 is 28.4 Å². The molecule has 0 saturated carbocycles. The zero-order chi connectivity index (χ0) is 34.6. The largest absolute Gasteiger partial charge is 0.504 e. The lowest BCUT2D eigenvalue weighted by atomic mass is 9.76. The minimum absolute atomic E-state index is 0.0445. The van der Waals surface area contributed by atoms with Crippen molar-refractivity contribution in [2.45, 2.75) is 37.8 Å². The molecule has 7 rings (SSSR count). The molecule has 0 saturated heterocycles. The first-order valence-electron chi connectivity index (χ1n) is 16.6. The van der Waals surface area contributed by atoms with Crippen LogP contribution in [0.2, 0.25) is 0 Å². The van der Waals surface area contributed by atoms with Crippen LogP contribution in [0.1, 0.15) is 45.5 Å². The Morgan fingerprint density at radius 2 is 1.24 bits per heavy atom. The molecular weight excluding hydrogens is 624 g/mol. The van der Waals surface area contributed by atoms with Crippen molar-refractivity contribution in [1.82, 2.24) is 9.80 Å². The maximum atomic E-state index is 11.5. The zero-order valence-electron chi connectivity index (χ0n) is 29.2. The summed E-state index contributed by atoms with van der Waals surface area (Å²) in [4.78, 5) is 4.64. The fraction of sp³-hybridized carbons (Fsp3) is 0.385. The Kier molecular flexibility index (Phi) is 8.62. The molecule has 2 aliphatic heterocycles. The highest BCUT2D eigenvalue weighted by Gasteiger charge is 2.37. The predicted octanol–water partition coefficient (Wildman–Crippen LogP) is 6.46. The molecule has 0 aromatic heterocycles. The van der Waals surface area contributed by atoms with Gasteiger partial charge >= 0.3 is 0 Å². The van der Waals surface area contributed by atoms with Crippen molar-refractivity contribution in [3.63, 3.8) is 0 Å². The van der Waals surface area contributed by atoms with Crippen LogP contribution in [0.25, 0.3) is 11.1 Å². The molecule has 0 spiro atoms. The Bertz CT molecular complexity index is 1920. The smallest absolute Gasteiger partial charge is 0.169 e. The number of aromatic hydroxyl groups is 2. The zero-order valence-corrected chi connectivity index (χ0v) is 29.2. The number of rotatable bonds is 9. The summed E-state index contributed by atoms with van der Waals surface area (Å²) in [6.45, 7) is 1.77. The van der Waals surface area contributed by atoms with Gasteiger partial charge in [-0.3, -0.25) is 9.80 Å². The average molecular weight is 669 g/mol. The summed E-state index contributed by atoms with van der Waals surface area (Å²) < 4.78 is 35.2. The van der Waals surface area contributed by atoms with E-state index in [9.17, 15) is 10.2 Å². The third kappa shape index (κ3) is 5.53. The summed E-state index contributed by atoms with van der Waals surface area (Å²) in [6, 6.07) is 13.6. The van der Waals surface area contributed by atoms with E-state index in [4.69, 9.17) is 28.4 Å². The van der Waals surface area contributed by atoms with Gasteiger partial charge in [0.1, 0.15) is 5.75 Å². The summed E-state index contributed by atoms with van der Waals surface area (Å²) in [7, 11) is 12.2. The average Bonchev–Trinajstić information content (AvgIpc) is 3.11. The van der Waals surface area contributed by atoms with Gasteiger partial charge in [-0.15, -0.1) is 0 Å². The van der Waals surface area contributed by atoms with Gasteiger partial charge in [0, 0.05) is 42.4 Å². The van der Waals surface area contributed by atoms with Crippen molar-refractivity contribution in [1.29, 1.82) is 0 Å². The molecule has 1 aliphatic carbocycles. The normalized spacial score (nSPS) is 18.2. The van der Waals surface area contributed by atoms with Crippen molar-refractivity contribution in [2.75, 3.05) is 62.7 Å². The quantitative estimate of drug-likeness (QED) is 0.207. The topological polar surface area (TPSA) is 102 Å². The molecule has 0 bridgehead atoms. The third-order valence-corrected chi connectivity index (χ3v) is 10.5. The van der Waals surface area contributed by atoms with Crippen LogP contribution in [-0.4, -0.2) is 82.7 Å². The van der Waals surface area contributed by atoms with Gasteiger partial charge < -0.3 is 38.6 Å². The molecule has 10 heteroatoms. The van der Waals surface area contributed by atoms with E-state index in [1.54, 1.807) is 35.5 Å². The Balaban J connectivity index is 1.33. The second kappa shape index (κ2) is 12.9. The van der Waals surface area contributed by atoms with E-state index < -0.39 is 0 Å². The number of fused-ring (bicyclic) bond motifs is 3. The molecule has 2 N–H and O–H groups in total. The molecule has 0 fully saturated rings. The minimum Gasteiger partial charge on any atom is -0.504 e. The van der Waals surface area contributed by atoms with Crippen LogP contribution >= 0.6 is 0 Å². The Labute approximate surface area is 287 Å². The van der Waals surface area contributed by atoms with Gasteiger partial charge in [-0.1, -0.05) is 0 Å². The highest BCUT2D eigenvalue weighted by atomic mass is 16.5. The summed E-state index contributed by atoms with van der Waals surface area (Å²) in [5.41, 5.74) is 8.20. The van der Waals surface area contributed by atoms with Crippen molar-refractivity contribution in [3.05, 3.63) is 75.8 Å². The number of likely N-dealkylation sites (N-methyl/N-ethyl adjacent to an activating group) is 2. The van der Waals surface area contributed by atoms with E-state index in [1.165, 1.54) is 5.56 Å². The number of phenolic OH excluding ortho intramolecular Hbond substituents is 2. The second-order valence-electron chi connectivity index (χ2n) is 13.1. The van der Waals surface area contributed by atoms with E-state index in [1.807, 2.05) is 42.5 Å². The number of nitrogens with zero attached hydrogens (tertiary/aromatic N) is 2. The molecule has 258 valence electrons. The highest BCUT2D eigenvalue weighted by molar-refractivity contribution is 5.84. The van der Waals surface area contributed by atoms with E-state index >= 15 is 0 Å². The van der Waals surface area contributed by atoms with Crippen LogP contribution in [0, 0.1) is 0 Å². The Morgan fingerprint density at radius 3 is 1.96 bits per heavy atom. The molecule has 2 atom stereocenters. The lowest BCUT2D eigenvalue weighted by Crippen LogP contribution is -2.35. The number of ether oxygens (including phenoxy) is 6. The summed E-state index contributed by atoms with van der Waals surface area (Å²) in [5.74, 6) is 4.03. The van der Waals surface area contributed by atoms with Crippen LogP contribution in [-0.2, 0) is 25.7 Å². The van der Waals surface area contributed by atoms with E-state index in [2.05, 4.69) is 23.9 Å². The molecule has 49 heavy (non-hydrogen) atoms. The summed E-state index contributed by atoms with van der Waals surface area (Å²) in [6.07, 6.45) is 3.07. The number of hydrogen-bond acceptors (Lipinski definition) is 10. The van der Waals surface area contributed by atoms with Gasteiger partial charge in [0.25, 0.3) is 0 Å². The van der Waals surface area contributed by atoms with Crippen molar-refractivity contribution >= 4 is 0 Å². The van der Waals surface area contributed by atoms with Gasteiger partial charge in [0.05, 0.1) is 35.5 Å². The molecule has 10 nitrogen and oxygen atoms in total. The summed E-state index contributed by atoms with van der Waals surface area (Å²) in [5, 5.41) is 22.2. The number of benzene rings is 4. The molecule has 0 radical (unpaired) electrons. The van der Waals surface area contributed by atoms with Gasteiger partial charge in [-0.25, -0.2) is 0 Å². The van der Waals surface area contributed by atoms with Crippen LogP contribution in [0.5, 0.6) is 51.7 Å². The maximum absolute atomic E-state index is 11.5. The molecule has 0 amide bonds. The van der Waals surface area contributed by atoms with E-state index in [0.717, 1.165) is 71.3 Å². The highest BCUT2D eigenvalue weighted by Crippen LogP contribution is 2.54. The van der Waals surface area contributed by atoms with Crippen molar-refractivity contribution < 1.29 is 38.6 Å². The molecule has 4 aromatic rings. The van der Waals surface area contributed by atoms with Crippen LogP contribution in [0.3, 0.4) is 0 Å². The number of hydrogen-bond donors (Lipinski definition) is 2. The van der Waals surface area contributed by atoms with Crippen LogP contribution in [0.4, 0.5) is 0 Å². The van der Waals surface area contributed by atoms with Crippen LogP contribution in [0.15, 0.2) is 42.5 Å². The fourth-order valence-corrected chi connectivity index (χ4v) is 7.87. The second-order valence-corrected chi connectivity index (χ2v) is 13.1. The van der Waals surface area contributed by atoms with Gasteiger partial charge in [0.2, 0.25) is 0 Å². The number of methoxy groups -OCH3 is 5. The Morgan fingerprint density at radius 1 is 0.633 bits per heavy atom. The van der Waals surface area contributed by atoms with E-state index in [0.29, 0.717) is 46.7 Å². The minimum atomic E-state index is -0.0445. The maximum Gasteiger partial charge on any atom is 0.169 e. The molecule has 3 aliphatic rings. The number of phenols is 2. The summed E-state index contributed by atoms with van der Waals surface area (Å²) >= 11 is 0. The first-order chi connectivity index (χ1) is 23.7. The fourth-order valence-electron chi connectivity index (χ4n) is 7.87. The lowest BCUT2D eigenvalue weighted by molar-refractivity contribution is 0.226. The van der Waals surface area contributed by atoms with Gasteiger partial charge in [-0.05, 0) is 110 Å². The molecular formula is C39H44N2O8.